The largest absolute Gasteiger partial charge is 0.313 e. The zero-order chi connectivity index (χ0) is 15.4. The Bertz CT molecular complexity index is 597. The van der Waals surface area contributed by atoms with E-state index in [9.17, 15) is 0 Å². The van der Waals surface area contributed by atoms with E-state index < -0.39 is 0 Å². The summed E-state index contributed by atoms with van der Waals surface area (Å²) in [5.74, 6) is 0. The molecule has 1 aromatic heterocycles. The van der Waals surface area contributed by atoms with Crippen LogP contribution in [0.2, 0.25) is 0 Å². The predicted molar refractivity (Wildman–Crippen MR) is 89.5 cm³/mol. The highest BCUT2D eigenvalue weighted by molar-refractivity contribution is 5.69. The Morgan fingerprint density at radius 1 is 1.19 bits per heavy atom. The Hall–Kier alpha value is -1.61. The number of aromatic nitrogens is 2. The summed E-state index contributed by atoms with van der Waals surface area (Å²) in [5.41, 5.74) is 6.30. The minimum absolute atomic E-state index is 0.398. The number of aryl methyl sites for hydroxylation is 2. The second kappa shape index (κ2) is 6.90. The van der Waals surface area contributed by atoms with Gasteiger partial charge in [-0.3, -0.25) is 4.68 Å². The number of benzene rings is 1. The molecule has 0 fully saturated rings. The molecule has 3 heteroatoms. The van der Waals surface area contributed by atoms with Crippen molar-refractivity contribution in [1.82, 2.24) is 15.1 Å². The number of hydrogen-bond donors (Lipinski definition) is 1. The van der Waals surface area contributed by atoms with Gasteiger partial charge in [-0.15, -0.1) is 0 Å². The highest BCUT2D eigenvalue weighted by Gasteiger charge is 2.11. The maximum absolute atomic E-state index is 4.62. The van der Waals surface area contributed by atoms with Crippen molar-refractivity contribution in [2.75, 3.05) is 6.54 Å². The Morgan fingerprint density at radius 2 is 1.95 bits per heavy atom. The van der Waals surface area contributed by atoms with Crippen molar-refractivity contribution in [3.8, 4) is 11.1 Å². The van der Waals surface area contributed by atoms with Gasteiger partial charge in [-0.25, -0.2) is 0 Å². The minimum atomic E-state index is 0.398. The highest BCUT2D eigenvalue weighted by Crippen LogP contribution is 2.27. The van der Waals surface area contributed by atoms with Crippen molar-refractivity contribution in [1.29, 1.82) is 0 Å². The second-order valence-electron chi connectivity index (χ2n) is 6.03. The Balaban J connectivity index is 2.24. The van der Waals surface area contributed by atoms with Crippen molar-refractivity contribution in [3.63, 3.8) is 0 Å². The van der Waals surface area contributed by atoms with Crippen LogP contribution in [-0.2, 0) is 6.54 Å². The average Bonchev–Trinajstić information content (AvgIpc) is 2.81. The molecule has 0 aliphatic heterocycles. The Kier molecular flexibility index (Phi) is 5.18. The van der Waals surface area contributed by atoms with Gasteiger partial charge in [0, 0.05) is 24.3 Å². The lowest BCUT2D eigenvalue weighted by molar-refractivity contribution is 0.529. The molecule has 1 N–H and O–H groups in total. The summed E-state index contributed by atoms with van der Waals surface area (Å²) >= 11 is 0. The first kappa shape index (κ1) is 15.8. The lowest BCUT2D eigenvalue weighted by atomic mass is 9.99. The maximum atomic E-state index is 4.62. The lowest BCUT2D eigenvalue weighted by Crippen LogP contribution is -2.13. The molecule has 0 amide bonds. The molecule has 0 saturated carbocycles. The van der Waals surface area contributed by atoms with Crippen LogP contribution in [0.3, 0.4) is 0 Å². The van der Waals surface area contributed by atoms with Crippen molar-refractivity contribution < 1.29 is 0 Å². The molecular formula is C18H27N3. The highest BCUT2D eigenvalue weighted by atomic mass is 15.3. The molecule has 0 radical (unpaired) electrons. The van der Waals surface area contributed by atoms with E-state index in [1.165, 1.54) is 28.7 Å². The van der Waals surface area contributed by atoms with E-state index in [4.69, 9.17) is 0 Å². The van der Waals surface area contributed by atoms with E-state index in [1.807, 2.05) is 4.68 Å². The molecule has 0 aliphatic carbocycles. The lowest BCUT2D eigenvalue weighted by Gasteiger charge is -2.09. The van der Waals surface area contributed by atoms with Gasteiger partial charge in [0.05, 0.1) is 5.69 Å². The van der Waals surface area contributed by atoms with Crippen LogP contribution < -0.4 is 5.32 Å². The Morgan fingerprint density at radius 3 is 2.52 bits per heavy atom. The van der Waals surface area contributed by atoms with Crippen molar-refractivity contribution in [2.45, 2.75) is 53.6 Å². The fourth-order valence-corrected chi connectivity index (χ4v) is 2.56. The summed E-state index contributed by atoms with van der Waals surface area (Å²) in [6, 6.07) is 7.13. The third-order valence-electron chi connectivity index (χ3n) is 3.78. The molecule has 0 unspecified atom stereocenters. The minimum Gasteiger partial charge on any atom is -0.313 e. The second-order valence-corrected chi connectivity index (χ2v) is 6.03. The average molecular weight is 285 g/mol. The van der Waals surface area contributed by atoms with Gasteiger partial charge in [0.15, 0.2) is 0 Å². The van der Waals surface area contributed by atoms with Gasteiger partial charge < -0.3 is 5.32 Å². The van der Waals surface area contributed by atoms with Gasteiger partial charge >= 0.3 is 0 Å². The molecule has 2 aromatic rings. The molecule has 1 heterocycles. The van der Waals surface area contributed by atoms with Crippen LogP contribution in [0.5, 0.6) is 0 Å². The number of nitrogens with zero attached hydrogens (tertiary/aromatic N) is 2. The van der Waals surface area contributed by atoms with Crippen molar-refractivity contribution in [2.24, 2.45) is 0 Å². The zero-order valence-electron chi connectivity index (χ0n) is 13.9. The molecule has 21 heavy (non-hydrogen) atoms. The first-order chi connectivity index (χ1) is 10.0. The van der Waals surface area contributed by atoms with Gasteiger partial charge in [-0.05, 0) is 57.4 Å². The smallest absolute Gasteiger partial charge is 0.0672 e. The van der Waals surface area contributed by atoms with Crippen LogP contribution in [0, 0.1) is 13.8 Å². The molecule has 2 rings (SSSR count). The predicted octanol–water partition coefficient (Wildman–Crippen LogP) is 4.25. The van der Waals surface area contributed by atoms with Crippen LogP contribution in [0.4, 0.5) is 0 Å². The summed E-state index contributed by atoms with van der Waals surface area (Å²) in [6.07, 6.45) is 3.34. The summed E-state index contributed by atoms with van der Waals surface area (Å²) in [7, 11) is 0. The van der Waals surface area contributed by atoms with Crippen LogP contribution >= 0.6 is 0 Å². The first-order valence-corrected chi connectivity index (χ1v) is 7.89. The van der Waals surface area contributed by atoms with E-state index in [0.29, 0.717) is 6.04 Å². The third-order valence-corrected chi connectivity index (χ3v) is 3.78. The molecule has 3 nitrogen and oxygen atoms in total. The van der Waals surface area contributed by atoms with Crippen molar-refractivity contribution in [3.05, 3.63) is 41.2 Å². The quantitative estimate of drug-likeness (QED) is 0.804. The maximum Gasteiger partial charge on any atom is 0.0672 e. The summed E-state index contributed by atoms with van der Waals surface area (Å²) in [6.45, 7) is 12.8. The SMILES string of the molecule is CCCNCc1ccc(-c2cn(C(C)C)nc2C)c(C)c1. The molecule has 0 spiro atoms. The third kappa shape index (κ3) is 3.73. The van der Waals surface area contributed by atoms with E-state index >= 15 is 0 Å². The zero-order valence-corrected chi connectivity index (χ0v) is 13.9. The summed E-state index contributed by atoms with van der Waals surface area (Å²) < 4.78 is 2.04. The number of rotatable bonds is 6. The van der Waals surface area contributed by atoms with Crippen LogP contribution in [-0.4, -0.2) is 16.3 Å². The monoisotopic (exact) mass is 285 g/mol. The standard InChI is InChI=1S/C18H27N3/c1-6-9-19-11-16-7-8-17(14(4)10-16)18-12-21(13(2)3)20-15(18)5/h7-8,10,12-13,19H,6,9,11H2,1-5H3. The fourth-order valence-electron chi connectivity index (χ4n) is 2.56. The molecule has 1 aromatic carbocycles. The van der Waals surface area contributed by atoms with Crippen LogP contribution in [0.25, 0.3) is 11.1 Å². The summed E-state index contributed by atoms with van der Waals surface area (Å²) in [4.78, 5) is 0. The van der Waals surface area contributed by atoms with E-state index in [0.717, 1.165) is 18.8 Å². The van der Waals surface area contributed by atoms with E-state index in [2.05, 4.69) is 69.4 Å². The van der Waals surface area contributed by atoms with Gasteiger partial charge in [0.1, 0.15) is 0 Å². The Labute approximate surface area is 128 Å². The number of nitrogens with one attached hydrogen (secondary N) is 1. The topological polar surface area (TPSA) is 29.9 Å². The van der Waals surface area contributed by atoms with Crippen LogP contribution in [0.15, 0.2) is 24.4 Å². The molecule has 114 valence electrons. The molecule has 0 bridgehead atoms. The van der Waals surface area contributed by atoms with E-state index in [1.54, 1.807) is 0 Å². The van der Waals surface area contributed by atoms with Crippen molar-refractivity contribution >= 4 is 0 Å². The van der Waals surface area contributed by atoms with Crippen LogP contribution in [0.1, 0.15) is 50.1 Å². The van der Waals surface area contributed by atoms with Gasteiger partial charge in [-0.1, -0.05) is 25.1 Å². The van der Waals surface area contributed by atoms with Gasteiger partial charge in [0.25, 0.3) is 0 Å². The number of hydrogen-bond acceptors (Lipinski definition) is 2. The normalized spacial score (nSPS) is 11.3. The molecular weight excluding hydrogens is 258 g/mol. The van der Waals surface area contributed by atoms with E-state index in [-0.39, 0.29) is 0 Å². The van der Waals surface area contributed by atoms with Gasteiger partial charge in [0.2, 0.25) is 0 Å². The fraction of sp³-hybridized carbons (Fsp3) is 0.500. The summed E-state index contributed by atoms with van der Waals surface area (Å²) in [5, 5.41) is 8.07. The molecule has 0 atom stereocenters. The van der Waals surface area contributed by atoms with Gasteiger partial charge in [-0.2, -0.15) is 5.10 Å². The molecule has 0 aliphatic rings. The molecule has 0 saturated heterocycles. The first-order valence-electron chi connectivity index (χ1n) is 7.89.